The molecule has 4 aromatic heterocycles. The van der Waals surface area contributed by atoms with Crippen molar-refractivity contribution < 1.29 is 14.1 Å². The third-order valence-corrected chi connectivity index (χ3v) is 4.81. The van der Waals surface area contributed by atoms with E-state index in [2.05, 4.69) is 25.4 Å². The smallest absolute Gasteiger partial charge is 0.227 e. The van der Waals surface area contributed by atoms with Gasteiger partial charge in [-0.05, 0) is 41.3 Å². The minimum absolute atomic E-state index is 0.187. The number of carbonyl (C=O) groups is 1. The van der Waals surface area contributed by atoms with Gasteiger partial charge in [0.25, 0.3) is 0 Å². The number of hydrogen-bond acceptors (Lipinski definition) is 8. The number of hydrogen-bond donors (Lipinski definition) is 1. The summed E-state index contributed by atoms with van der Waals surface area (Å²) in [4.78, 5) is 25.8. The zero-order valence-corrected chi connectivity index (χ0v) is 16.1. The lowest BCUT2D eigenvalue weighted by atomic mass is 10.3. The molecule has 1 amide bonds. The van der Waals surface area contributed by atoms with Crippen molar-refractivity contribution in [3.8, 4) is 16.5 Å². The molecule has 0 aliphatic carbocycles. The summed E-state index contributed by atoms with van der Waals surface area (Å²) in [5, 5.41) is 8.66. The normalized spacial score (nSPS) is 10.6. The Balaban J connectivity index is 1.33. The SMILES string of the molecule is O=C(CCc1nc(-c2cccs2)no1)Nc1ncccc1OCc1ccncc1. The van der Waals surface area contributed by atoms with E-state index in [1.807, 2.05) is 29.6 Å². The molecule has 4 rings (SSSR count). The van der Waals surface area contributed by atoms with Gasteiger partial charge in [-0.15, -0.1) is 11.3 Å². The maximum absolute atomic E-state index is 12.3. The average Bonchev–Trinajstić information content (AvgIpc) is 3.44. The van der Waals surface area contributed by atoms with Gasteiger partial charge in [-0.2, -0.15) is 4.98 Å². The quantitative estimate of drug-likeness (QED) is 0.474. The van der Waals surface area contributed by atoms with Crippen LogP contribution in [0.25, 0.3) is 10.7 Å². The van der Waals surface area contributed by atoms with Crippen LogP contribution in [0.2, 0.25) is 0 Å². The Morgan fingerprint density at radius 3 is 2.86 bits per heavy atom. The molecule has 0 atom stereocenters. The van der Waals surface area contributed by atoms with Crippen LogP contribution in [0.5, 0.6) is 5.75 Å². The van der Waals surface area contributed by atoms with Crippen molar-refractivity contribution in [2.75, 3.05) is 5.32 Å². The van der Waals surface area contributed by atoms with E-state index in [-0.39, 0.29) is 12.3 Å². The molecule has 9 heteroatoms. The molecular formula is C20H17N5O3S. The summed E-state index contributed by atoms with van der Waals surface area (Å²) in [6.07, 6.45) is 5.52. The molecule has 0 saturated carbocycles. The standard InChI is InChI=1S/C20H17N5O3S/c26-17(5-6-18-24-20(25-28-18)16-4-2-12-29-16)23-19-15(3-1-9-22-19)27-13-14-7-10-21-11-8-14/h1-4,7-12H,5-6,13H2,(H,22,23,26). The molecule has 0 bridgehead atoms. The fourth-order valence-electron chi connectivity index (χ4n) is 2.52. The molecule has 0 aromatic carbocycles. The molecule has 1 N–H and O–H groups in total. The number of pyridine rings is 2. The van der Waals surface area contributed by atoms with Crippen LogP contribution in [-0.2, 0) is 17.8 Å². The zero-order valence-electron chi connectivity index (χ0n) is 15.3. The second-order valence-corrected chi connectivity index (χ2v) is 6.98. The number of amides is 1. The van der Waals surface area contributed by atoms with Crippen molar-refractivity contribution >= 4 is 23.1 Å². The maximum Gasteiger partial charge on any atom is 0.227 e. The summed E-state index contributed by atoms with van der Waals surface area (Å²) in [6.45, 7) is 0.352. The summed E-state index contributed by atoms with van der Waals surface area (Å²) >= 11 is 1.53. The predicted octanol–water partition coefficient (Wildman–Crippen LogP) is 3.74. The fourth-order valence-corrected chi connectivity index (χ4v) is 3.17. The van der Waals surface area contributed by atoms with Crippen molar-refractivity contribution in [3.63, 3.8) is 0 Å². The molecule has 0 radical (unpaired) electrons. The summed E-state index contributed by atoms with van der Waals surface area (Å²) in [7, 11) is 0. The maximum atomic E-state index is 12.3. The first kappa shape index (κ1) is 18.8. The largest absolute Gasteiger partial charge is 0.485 e. The van der Waals surface area contributed by atoms with Crippen molar-refractivity contribution in [3.05, 3.63) is 71.8 Å². The molecular weight excluding hydrogens is 390 g/mol. The van der Waals surface area contributed by atoms with Crippen molar-refractivity contribution in [1.29, 1.82) is 0 Å². The van der Waals surface area contributed by atoms with E-state index >= 15 is 0 Å². The molecule has 0 aliphatic rings. The van der Waals surface area contributed by atoms with Crippen LogP contribution < -0.4 is 10.1 Å². The topological polar surface area (TPSA) is 103 Å². The van der Waals surface area contributed by atoms with Gasteiger partial charge in [-0.25, -0.2) is 4.98 Å². The number of thiophene rings is 1. The summed E-state index contributed by atoms with van der Waals surface area (Å²) in [5.41, 5.74) is 0.971. The van der Waals surface area contributed by atoms with Crippen LogP contribution in [0, 0.1) is 0 Å². The number of aromatic nitrogens is 4. The summed E-state index contributed by atoms with van der Waals surface area (Å²) in [5.74, 6) is 1.60. The zero-order chi connectivity index (χ0) is 19.9. The van der Waals surface area contributed by atoms with Gasteiger partial charge in [-0.1, -0.05) is 11.2 Å². The Hall–Kier alpha value is -3.59. The monoisotopic (exact) mass is 407 g/mol. The van der Waals surface area contributed by atoms with Crippen molar-refractivity contribution in [2.24, 2.45) is 0 Å². The lowest BCUT2D eigenvalue weighted by molar-refractivity contribution is -0.116. The Kier molecular flexibility index (Phi) is 5.87. The van der Waals surface area contributed by atoms with Gasteiger partial charge in [0.1, 0.15) is 6.61 Å². The lowest BCUT2D eigenvalue weighted by Gasteiger charge is -2.11. The first-order valence-corrected chi connectivity index (χ1v) is 9.79. The van der Waals surface area contributed by atoms with E-state index in [1.54, 1.807) is 30.7 Å². The number of nitrogens with one attached hydrogen (secondary N) is 1. The van der Waals surface area contributed by atoms with Crippen LogP contribution in [0.4, 0.5) is 5.82 Å². The van der Waals surface area contributed by atoms with Gasteiger partial charge in [0.05, 0.1) is 4.88 Å². The van der Waals surface area contributed by atoms with Gasteiger partial charge < -0.3 is 14.6 Å². The second kappa shape index (κ2) is 9.07. The second-order valence-electron chi connectivity index (χ2n) is 6.03. The third-order valence-electron chi connectivity index (χ3n) is 3.95. The van der Waals surface area contributed by atoms with Crippen LogP contribution in [0.3, 0.4) is 0 Å². The van der Waals surface area contributed by atoms with Crippen LogP contribution >= 0.6 is 11.3 Å². The molecule has 4 heterocycles. The van der Waals surface area contributed by atoms with Crippen molar-refractivity contribution in [2.45, 2.75) is 19.4 Å². The molecule has 0 fully saturated rings. The lowest BCUT2D eigenvalue weighted by Crippen LogP contribution is -2.14. The summed E-state index contributed by atoms with van der Waals surface area (Å²) < 4.78 is 11.0. The summed E-state index contributed by atoms with van der Waals surface area (Å²) in [6, 6.07) is 11.1. The first-order chi connectivity index (χ1) is 14.3. The minimum atomic E-state index is -0.215. The van der Waals surface area contributed by atoms with Gasteiger partial charge in [0.15, 0.2) is 11.6 Å². The molecule has 4 aromatic rings. The van der Waals surface area contributed by atoms with Gasteiger partial charge in [0, 0.05) is 31.4 Å². The van der Waals surface area contributed by atoms with Gasteiger partial charge >= 0.3 is 0 Å². The number of anilines is 1. The van der Waals surface area contributed by atoms with Crippen molar-refractivity contribution in [1.82, 2.24) is 20.1 Å². The molecule has 0 unspecified atom stereocenters. The highest BCUT2D eigenvalue weighted by Gasteiger charge is 2.13. The van der Waals surface area contributed by atoms with E-state index < -0.39 is 0 Å². The van der Waals surface area contributed by atoms with E-state index in [1.165, 1.54) is 11.3 Å². The van der Waals surface area contributed by atoms with E-state index in [4.69, 9.17) is 9.26 Å². The number of aryl methyl sites for hydroxylation is 1. The number of rotatable bonds is 8. The highest BCUT2D eigenvalue weighted by Crippen LogP contribution is 2.23. The number of nitrogens with zero attached hydrogens (tertiary/aromatic N) is 4. The molecule has 29 heavy (non-hydrogen) atoms. The number of carbonyl (C=O) groups excluding carboxylic acids is 1. The predicted molar refractivity (Wildman–Crippen MR) is 107 cm³/mol. The molecule has 0 spiro atoms. The Bertz CT molecular complexity index is 1070. The van der Waals surface area contributed by atoms with Gasteiger partial charge in [-0.3, -0.25) is 9.78 Å². The fraction of sp³-hybridized carbons (Fsp3) is 0.150. The highest BCUT2D eigenvalue weighted by molar-refractivity contribution is 7.13. The Morgan fingerprint density at radius 2 is 2.03 bits per heavy atom. The minimum Gasteiger partial charge on any atom is -0.485 e. The van der Waals surface area contributed by atoms with Crippen LogP contribution in [-0.4, -0.2) is 26.0 Å². The average molecular weight is 407 g/mol. The van der Waals surface area contributed by atoms with E-state index in [0.29, 0.717) is 36.3 Å². The van der Waals surface area contributed by atoms with Crippen LogP contribution in [0.15, 0.2) is 64.9 Å². The molecule has 0 aliphatic heterocycles. The first-order valence-electron chi connectivity index (χ1n) is 8.91. The molecule has 8 nitrogen and oxygen atoms in total. The Morgan fingerprint density at radius 1 is 1.14 bits per heavy atom. The highest BCUT2D eigenvalue weighted by atomic mass is 32.1. The van der Waals surface area contributed by atoms with Gasteiger partial charge in [0.2, 0.25) is 17.6 Å². The molecule has 0 saturated heterocycles. The Labute approximate surface area is 170 Å². The third kappa shape index (κ3) is 5.02. The van der Waals surface area contributed by atoms with E-state index in [0.717, 1.165) is 10.4 Å². The number of ether oxygens (including phenoxy) is 1. The van der Waals surface area contributed by atoms with Crippen LogP contribution in [0.1, 0.15) is 17.9 Å². The molecule has 146 valence electrons. The van der Waals surface area contributed by atoms with E-state index in [9.17, 15) is 4.79 Å².